The summed E-state index contributed by atoms with van der Waals surface area (Å²) in [6.07, 6.45) is 0. The van der Waals surface area contributed by atoms with Crippen molar-refractivity contribution >= 4 is 17.5 Å². The number of anilines is 1. The molecular weight excluding hydrogens is 340 g/mol. The summed E-state index contributed by atoms with van der Waals surface area (Å²) in [6.45, 7) is 4.48. The zero-order valence-corrected chi connectivity index (χ0v) is 16.0. The first kappa shape index (κ1) is 19.1. The molecule has 2 atom stereocenters. The van der Waals surface area contributed by atoms with E-state index in [4.69, 9.17) is 0 Å². The van der Waals surface area contributed by atoms with Gasteiger partial charge in [0, 0.05) is 19.3 Å². The van der Waals surface area contributed by atoms with Crippen LogP contribution in [0.25, 0.3) is 0 Å². The quantitative estimate of drug-likeness (QED) is 0.758. The number of hydrogen-bond donors (Lipinski definition) is 3. The van der Waals surface area contributed by atoms with Crippen LogP contribution in [-0.4, -0.2) is 36.9 Å². The van der Waals surface area contributed by atoms with Crippen molar-refractivity contribution < 1.29 is 9.59 Å². The van der Waals surface area contributed by atoms with E-state index in [9.17, 15) is 9.59 Å². The standard InChI is InChI=1S/C21H26N4O2/c1-14-9-10-15(2)18(11-14)23-19(26)13-25(3)21(27)17-12-22-24-20(17)16-7-5-4-6-8-16/h4-11,17,20,22,24H,12-13H2,1-3H3,(H,23,26). The summed E-state index contributed by atoms with van der Waals surface area (Å²) >= 11 is 0. The SMILES string of the molecule is Cc1ccc(C)c(NC(=O)CN(C)C(=O)C2CNNC2c2ccccc2)c1. The van der Waals surface area contributed by atoms with E-state index in [0.717, 1.165) is 22.4 Å². The number of benzene rings is 2. The van der Waals surface area contributed by atoms with Gasteiger partial charge < -0.3 is 10.2 Å². The number of nitrogens with zero attached hydrogens (tertiary/aromatic N) is 1. The minimum atomic E-state index is -0.258. The van der Waals surface area contributed by atoms with E-state index in [1.807, 2.05) is 62.4 Å². The summed E-state index contributed by atoms with van der Waals surface area (Å²) in [5.41, 5.74) is 10.1. The van der Waals surface area contributed by atoms with Crippen molar-refractivity contribution in [3.05, 3.63) is 65.2 Å². The van der Waals surface area contributed by atoms with E-state index in [0.29, 0.717) is 6.54 Å². The molecule has 0 aromatic heterocycles. The van der Waals surface area contributed by atoms with Crippen LogP contribution in [0, 0.1) is 19.8 Å². The lowest BCUT2D eigenvalue weighted by Gasteiger charge is -2.24. The molecule has 6 nitrogen and oxygen atoms in total. The lowest BCUT2D eigenvalue weighted by molar-refractivity contribution is -0.136. The fourth-order valence-electron chi connectivity index (χ4n) is 3.34. The van der Waals surface area contributed by atoms with Crippen LogP contribution in [0.4, 0.5) is 5.69 Å². The Bertz CT molecular complexity index is 822. The fraction of sp³-hybridized carbons (Fsp3) is 0.333. The molecule has 0 spiro atoms. The summed E-state index contributed by atoms with van der Waals surface area (Å²) in [5.74, 6) is -0.516. The highest BCUT2D eigenvalue weighted by molar-refractivity contribution is 5.95. The van der Waals surface area contributed by atoms with Gasteiger partial charge in [0.15, 0.2) is 0 Å². The molecule has 142 valence electrons. The summed E-state index contributed by atoms with van der Waals surface area (Å²) in [6, 6.07) is 15.7. The molecule has 1 heterocycles. The van der Waals surface area contributed by atoms with Gasteiger partial charge in [-0.05, 0) is 36.6 Å². The largest absolute Gasteiger partial charge is 0.336 e. The third kappa shape index (κ3) is 4.53. The van der Waals surface area contributed by atoms with Crippen LogP contribution in [0.2, 0.25) is 0 Å². The van der Waals surface area contributed by atoms with Gasteiger partial charge in [-0.1, -0.05) is 42.5 Å². The van der Waals surface area contributed by atoms with Crippen LogP contribution in [0.1, 0.15) is 22.7 Å². The molecule has 2 aromatic rings. The minimum absolute atomic E-state index is 0.0181. The lowest BCUT2D eigenvalue weighted by Crippen LogP contribution is -2.41. The predicted octanol–water partition coefficient (Wildman–Crippen LogP) is 2.17. The molecule has 1 saturated heterocycles. The molecule has 1 aliphatic heterocycles. The molecule has 27 heavy (non-hydrogen) atoms. The monoisotopic (exact) mass is 366 g/mol. The van der Waals surface area contributed by atoms with Gasteiger partial charge in [-0.15, -0.1) is 0 Å². The van der Waals surface area contributed by atoms with Crippen molar-refractivity contribution in [3.63, 3.8) is 0 Å². The van der Waals surface area contributed by atoms with Crippen LogP contribution in [0.5, 0.6) is 0 Å². The summed E-state index contributed by atoms with van der Waals surface area (Å²) in [7, 11) is 1.67. The number of nitrogens with one attached hydrogen (secondary N) is 3. The van der Waals surface area contributed by atoms with Gasteiger partial charge in [0.1, 0.15) is 0 Å². The molecule has 6 heteroatoms. The number of likely N-dealkylation sites (N-methyl/N-ethyl adjacent to an activating group) is 1. The number of hydrazine groups is 1. The van der Waals surface area contributed by atoms with Gasteiger partial charge in [-0.2, -0.15) is 0 Å². The second kappa shape index (κ2) is 8.33. The smallest absolute Gasteiger partial charge is 0.243 e. The van der Waals surface area contributed by atoms with Crippen LogP contribution in [0.3, 0.4) is 0 Å². The van der Waals surface area contributed by atoms with Crippen LogP contribution < -0.4 is 16.2 Å². The molecular formula is C21H26N4O2. The summed E-state index contributed by atoms with van der Waals surface area (Å²) < 4.78 is 0. The Labute approximate surface area is 159 Å². The predicted molar refractivity (Wildman–Crippen MR) is 106 cm³/mol. The molecule has 0 radical (unpaired) electrons. The van der Waals surface area contributed by atoms with Gasteiger partial charge >= 0.3 is 0 Å². The average molecular weight is 366 g/mol. The zero-order chi connectivity index (χ0) is 19.4. The summed E-state index contributed by atoms with van der Waals surface area (Å²) in [4.78, 5) is 26.8. The van der Waals surface area contributed by atoms with Gasteiger partial charge in [-0.3, -0.25) is 15.0 Å². The number of aryl methyl sites for hydroxylation is 2. The molecule has 2 aromatic carbocycles. The van der Waals surface area contributed by atoms with Crippen molar-refractivity contribution in [2.75, 3.05) is 25.5 Å². The number of hydrogen-bond acceptors (Lipinski definition) is 4. The van der Waals surface area contributed by atoms with Crippen molar-refractivity contribution in [1.29, 1.82) is 0 Å². The van der Waals surface area contributed by atoms with E-state index in [2.05, 4.69) is 16.2 Å². The average Bonchev–Trinajstić information content (AvgIpc) is 3.14. The molecule has 3 rings (SSSR count). The lowest BCUT2D eigenvalue weighted by atomic mass is 9.94. The topological polar surface area (TPSA) is 73.5 Å². The molecule has 2 unspecified atom stereocenters. The maximum Gasteiger partial charge on any atom is 0.243 e. The van der Waals surface area contributed by atoms with Crippen molar-refractivity contribution in [2.45, 2.75) is 19.9 Å². The molecule has 2 amide bonds. The first-order chi connectivity index (χ1) is 13.0. The van der Waals surface area contributed by atoms with Crippen molar-refractivity contribution in [3.8, 4) is 0 Å². The van der Waals surface area contributed by atoms with Crippen molar-refractivity contribution in [2.24, 2.45) is 5.92 Å². The Balaban J connectivity index is 1.63. The van der Waals surface area contributed by atoms with E-state index in [-0.39, 0.29) is 30.3 Å². The van der Waals surface area contributed by atoms with Gasteiger partial charge in [0.25, 0.3) is 0 Å². The highest BCUT2D eigenvalue weighted by Crippen LogP contribution is 2.26. The highest BCUT2D eigenvalue weighted by atomic mass is 16.2. The second-order valence-corrected chi connectivity index (χ2v) is 7.08. The van der Waals surface area contributed by atoms with E-state index in [1.54, 1.807) is 7.05 Å². The Morgan fingerprint density at radius 2 is 1.89 bits per heavy atom. The molecule has 1 fully saturated rings. The molecule has 0 bridgehead atoms. The third-order valence-corrected chi connectivity index (χ3v) is 4.88. The maximum atomic E-state index is 12.9. The Morgan fingerprint density at radius 3 is 2.63 bits per heavy atom. The fourth-order valence-corrected chi connectivity index (χ4v) is 3.34. The Hall–Kier alpha value is -2.70. The molecule has 0 saturated carbocycles. The zero-order valence-electron chi connectivity index (χ0n) is 16.0. The highest BCUT2D eigenvalue weighted by Gasteiger charge is 2.35. The summed E-state index contributed by atoms with van der Waals surface area (Å²) in [5, 5.41) is 2.91. The van der Waals surface area contributed by atoms with Crippen LogP contribution in [0.15, 0.2) is 48.5 Å². The van der Waals surface area contributed by atoms with Gasteiger partial charge in [-0.25, -0.2) is 5.43 Å². The van der Waals surface area contributed by atoms with E-state index < -0.39 is 0 Å². The Morgan fingerprint density at radius 1 is 1.15 bits per heavy atom. The normalized spacial score (nSPS) is 18.9. The van der Waals surface area contributed by atoms with Crippen LogP contribution >= 0.6 is 0 Å². The molecule has 3 N–H and O–H groups in total. The minimum Gasteiger partial charge on any atom is -0.336 e. The van der Waals surface area contributed by atoms with Gasteiger partial charge in [0.2, 0.25) is 11.8 Å². The van der Waals surface area contributed by atoms with Crippen molar-refractivity contribution in [1.82, 2.24) is 15.8 Å². The molecule has 0 aliphatic carbocycles. The Kier molecular flexibility index (Phi) is 5.88. The van der Waals surface area contributed by atoms with E-state index in [1.165, 1.54) is 4.90 Å². The number of amides is 2. The second-order valence-electron chi connectivity index (χ2n) is 7.08. The first-order valence-electron chi connectivity index (χ1n) is 9.11. The maximum absolute atomic E-state index is 12.9. The van der Waals surface area contributed by atoms with E-state index >= 15 is 0 Å². The third-order valence-electron chi connectivity index (χ3n) is 4.88. The number of carbonyl (C=O) groups is 2. The number of rotatable bonds is 5. The number of carbonyl (C=O) groups excluding carboxylic acids is 2. The first-order valence-corrected chi connectivity index (χ1v) is 9.11. The van der Waals surface area contributed by atoms with Crippen LogP contribution in [-0.2, 0) is 9.59 Å². The molecule has 1 aliphatic rings. The van der Waals surface area contributed by atoms with Gasteiger partial charge in [0.05, 0.1) is 18.5 Å².